The molecule has 12 rings (SSSR count). The number of rotatable bonds is 4. The maximum atomic E-state index is 5.25. The molecule has 0 amide bonds. The summed E-state index contributed by atoms with van der Waals surface area (Å²) in [4.78, 5) is 10.0. The number of imidazole rings is 1. The maximum absolute atomic E-state index is 5.25. The number of benzene rings is 9. The zero-order chi connectivity index (χ0) is 37.7. The number of para-hydroxylation sites is 2. The molecule has 1 atom stereocenters. The van der Waals surface area contributed by atoms with Crippen molar-refractivity contribution in [2.45, 2.75) is 0 Å². The molecule has 0 saturated carbocycles. The first-order chi connectivity index (χ1) is 28.1. The van der Waals surface area contributed by atoms with Crippen molar-refractivity contribution in [1.82, 2.24) is 14.4 Å². The first kappa shape index (κ1) is 32.8. The average molecular weight is 809 g/mol. The number of pyridine rings is 2. The molecule has 0 saturated heterocycles. The second-order valence-corrected chi connectivity index (χ2v) is 21.2. The Balaban J connectivity index is 1.03. The molecule has 0 bridgehead atoms. The second kappa shape index (κ2) is 12.5. The summed E-state index contributed by atoms with van der Waals surface area (Å²) >= 11 is 3.81. The Bertz CT molecular complexity index is 3610. The Kier molecular flexibility index (Phi) is 7.22. The fourth-order valence-corrected chi connectivity index (χ4v) is 13.8. The van der Waals surface area contributed by atoms with Gasteiger partial charge in [-0.1, -0.05) is 48.5 Å². The van der Waals surface area contributed by atoms with E-state index < -0.39 is 5.51 Å². The van der Waals surface area contributed by atoms with Crippen molar-refractivity contribution in [2.75, 3.05) is 0 Å². The van der Waals surface area contributed by atoms with Crippen LogP contribution in [0.15, 0.2) is 194 Å². The van der Waals surface area contributed by atoms with Crippen LogP contribution in [0.3, 0.4) is 0 Å². The van der Waals surface area contributed by atoms with E-state index >= 15 is 0 Å². The molecular weight excluding hydrogens is 777 g/mol. The molecule has 3 heterocycles. The van der Waals surface area contributed by atoms with E-state index in [1.807, 2.05) is 12.3 Å². The van der Waals surface area contributed by atoms with Crippen LogP contribution < -0.4 is 15.9 Å². The fourth-order valence-electron chi connectivity index (χ4n) is 8.98. The summed E-state index contributed by atoms with van der Waals surface area (Å²) in [5.41, 5.74) is 5.47. The summed E-state index contributed by atoms with van der Waals surface area (Å²) in [7, 11) is 0. The average Bonchev–Trinajstić information content (AvgIpc) is 3.67. The fraction of sp³-hybridized carbons (Fsp3) is 0. The quantitative estimate of drug-likeness (QED) is 0.101. The molecule has 0 aliphatic heterocycles. The van der Waals surface area contributed by atoms with Gasteiger partial charge in [-0.3, -0.25) is 0 Å². The monoisotopic (exact) mass is 809 g/mol. The van der Waals surface area contributed by atoms with E-state index in [1.165, 1.54) is 75.5 Å². The topological polar surface area (TPSA) is 30.2 Å². The Morgan fingerprint density at radius 2 is 1.00 bits per heavy atom. The second-order valence-electron chi connectivity index (χ2n) is 15.0. The van der Waals surface area contributed by atoms with Crippen LogP contribution in [0.1, 0.15) is 0 Å². The molecule has 0 aliphatic rings. The minimum atomic E-state index is -2.18. The summed E-state index contributed by atoms with van der Waals surface area (Å²) in [5, 5.41) is 16.0. The summed E-state index contributed by atoms with van der Waals surface area (Å²) in [5.74, 6) is 0. The van der Waals surface area contributed by atoms with E-state index in [9.17, 15) is 0 Å². The van der Waals surface area contributed by atoms with Gasteiger partial charge in [0.1, 0.15) is 0 Å². The zero-order valence-electron chi connectivity index (χ0n) is 30.7. The van der Waals surface area contributed by atoms with Crippen molar-refractivity contribution in [3.8, 4) is 11.1 Å². The molecule has 0 N–H and O–H groups in total. The van der Waals surface area contributed by atoms with Gasteiger partial charge < -0.3 is 0 Å². The van der Waals surface area contributed by atoms with Gasteiger partial charge in [-0.05, 0) is 22.9 Å². The number of fused-ring (bicyclic) bond motifs is 13. The molecule has 57 heavy (non-hydrogen) atoms. The van der Waals surface area contributed by atoms with E-state index in [-0.39, 0.29) is 0 Å². The number of hydrogen-bond donors (Lipinski definition) is 0. The van der Waals surface area contributed by atoms with Crippen molar-refractivity contribution >= 4 is 118 Å². The van der Waals surface area contributed by atoms with E-state index in [0.29, 0.717) is 0 Å². The molecule has 0 aliphatic carbocycles. The molecule has 1 unspecified atom stereocenters. The van der Waals surface area contributed by atoms with E-state index in [2.05, 4.69) is 201 Å². The van der Waals surface area contributed by atoms with Crippen molar-refractivity contribution in [3.05, 3.63) is 194 Å². The first-order valence-corrected chi connectivity index (χ1v) is 23.2. The predicted octanol–water partition coefficient (Wildman–Crippen LogP) is 11.8. The molecule has 0 fully saturated rings. The van der Waals surface area contributed by atoms with Gasteiger partial charge in [0.05, 0.1) is 5.52 Å². The predicted molar refractivity (Wildman–Crippen MR) is 245 cm³/mol. The van der Waals surface area contributed by atoms with Crippen LogP contribution in [0.4, 0.5) is 0 Å². The third-order valence-corrected chi connectivity index (χ3v) is 18.8. The van der Waals surface area contributed by atoms with E-state index in [4.69, 9.17) is 9.97 Å². The first-order valence-electron chi connectivity index (χ1n) is 19.2. The normalized spacial score (nSPS) is 13.1. The van der Waals surface area contributed by atoms with Crippen LogP contribution in [-0.4, -0.2) is 29.5 Å². The number of hydrogen-bond acceptors (Lipinski definition) is 2. The van der Waals surface area contributed by atoms with Gasteiger partial charge in [-0.15, -0.1) is 0 Å². The summed E-state index contributed by atoms with van der Waals surface area (Å²) in [6, 6.07) is 69.1. The van der Waals surface area contributed by atoms with Gasteiger partial charge in [0.25, 0.3) is 0 Å². The Morgan fingerprint density at radius 1 is 0.404 bits per heavy atom. The molecule has 266 valence electrons. The van der Waals surface area contributed by atoms with Crippen LogP contribution in [-0.2, 0) is 0 Å². The molecule has 9 aromatic carbocycles. The van der Waals surface area contributed by atoms with Gasteiger partial charge >= 0.3 is 251 Å². The Morgan fingerprint density at radius 3 is 1.88 bits per heavy atom. The van der Waals surface area contributed by atoms with Crippen LogP contribution in [0.25, 0.3) is 92.7 Å². The summed E-state index contributed by atoms with van der Waals surface area (Å²) < 4.78 is 2.37. The van der Waals surface area contributed by atoms with Crippen molar-refractivity contribution < 1.29 is 0 Å². The molecule has 3 nitrogen and oxygen atoms in total. The van der Waals surface area contributed by atoms with E-state index in [0.717, 1.165) is 33.1 Å². The van der Waals surface area contributed by atoms with E-state index in [1.54, 1.807) is 0 Å². The molecule has 0 spiro atoms. The SMILES string of the molecule is [Se]=P(c1ccc2ccccc2c1)(c1ccc2cc(-c3ccc4c5ccc6ccccc6c5c5nc6ccccc6n5c4c3)ccc2c1)c1ccc2cccnc2c1. The van der Waals surface area contributed by atoms with Gasteiger partial charge in [0.2, 0.25) is 0 Å². The Labute approximate surface area is 336 Å². The molecule has 3 aromatic heterocycles. The standard InChI is InChI=1S/C52H32N3PSe/c57-56(41-22-17-33-8-1-2-10-36(33)29-41,43-23-18-35-11-7-27-53-48(35)32-43)42-24-19-38-28-37(15-16-39(38)30-42)40-21-25-45-46-26-20-34-9-3-4-12-44(34)51(46)52-54-47-13-5-6-14-49(47)55(52)50(45)31-40/h1-32H. The molecule has 0 radical (unpaired) electrons. The third-order valence-electron chi connectivity index (χ3n) is 11.8. The summed E-state index contributed by atoms with van der Waals surface area (Å²) in [6.07, 6.45) is 1.88. The molecular formula is C52H32N3PSe. The van der Waals surface area contributed by atoms with Crippen molar-refractivity contribution in [3.63, 3.8) is 0 Å². The Hall–Kier alpha value is -6.41. The van der Waals surface area contributed by atoms with Gasteiger partial charge in [-0.25, -0.2) is 4.98 Å². The van der Waals surface area contributed by atoms with Crippen LogP contribution in [0.5, 0.6) is 0 Å². The van der Waals surface area contributed by atoms with Crippen molar-refractivity contribution in [2.24, 2.45) is 0 Å². The zero-order valence-corrected chi connectivity index (χ0v) is 33.3. The minimum absolute atomic E-state index is 0.996. The van der Waals surface area contributed by atoms with Gasteiger partial charge in [0.15, 0.2) is 0 Å². The summed E-state index contributed by atoms with van der Waals surface area (Å²) in [6.45, 7) is 0. The van der Waals surface area contributed by atoms with Crippen LogP contribution in [0, 0.1) is 0 Å². The van der Waals surface area contributed by atoms with Crippen LogP contribution >= 0.6 is 5.51 Å². The van der Waals surface area contributed by atoms with Crippen LogP contribution in [0.2, 0.25) is 0 Å². The van der Waals surface area contributed by atoms with Crippen molar-refractivity contribution in [1.29, 1.82) is 0 Å². The molecule has 12 aromatic rings. The van der Waals surface area contributed by atoms with Gasteiger partial charge in [-0.2, -0.15) is 0 Å². The number of nitrogens with zero attached hydrogens (tertiary/aromatic N) is 3. The molecule has 5 heteroatoms. The third kappa shape index (κ3) is 5.02. The van der Waals surface area contributed by atoms with Gasteiger partial charge in [0, 0.05) is 5.39 Å². The number of aromatic nitrogens is 3.